The van der Waals surface area contributed by atoms with E-state index in [4.69, 9.17) is 0 Å². The number of halogens is 1. The molecule has 0 unspecified atom stereocenters. The van der Waals surface area contributed by atoms with Gasteiger partial charge in [-0.2, -0.15) is 0 Å². The molecule has 0 aromatic heterocycles. The minimum atomic E-state index is 0.713. The highest BCUT2D eigenvalue weighted by Crippen LogP contribution is 2.36. The average molecular weight is 285 g/mol. The second-order valence-corrected chi connectivity index (χ2v) is 6.08. The van der Waals surface area contributed by atoms with Crippen LogP contribution in [0, 0.1) is 0 Å². The molecule has 0 spiro atoms. The van der Waals surface area contributed by atoms with E-state index in [1.165, 1.54) is 25.7 Å². The topological polar surface area (TPSA) is 17.1 Å². The largest absolute Gasteiger partial charge is 0.298 e. The molecule has 0 heterocycles. The molecule has 1 fully saturated rings. The molecule has 0 aliphatic heterocycles. The van der Waals surface area contributed by atoms with E-state index in [1.807, 2.05) is 30.0 Å². The van der Waals surface area contributed by atoms with E-state index in [1.54, 1.807) is 0 Å². The Hall–Kier alpha value is -0.280. The van der Waals surface area contributed by atoms with Gasteiger partial charge < -0.3 is 0 Å². The summed E-state index contributed by atoms with van der Waals surface area (Å²) in [7, 11) is 0. The minimum Gasteiger partial charge on any atom is -0.298 e. The first-order valence-electron chi connectivity index (χ1n) is 5.21. The molecule has 1 aliphatic rings. The summed E-state index contributed by atoms with van der Waals surface area (Å²) in [6.07, 6.45) is 6.20. The Balaban J connectivity index is 2.15. The highest BCUT2D eigenvalue weighted by molar-refractivity contribution is 9.10. The number of carbonyl (C=O) groups is 1. The van der Waals surface area contributed by atoms with Gasteiger partial charge in [0.25, 0.3) is 0 Å². The van der Waals surface area contributed by atoms with Crippen molar-refractivity contribution < 1.29 is 4.79 Å². The molecule has 1 aromatic rings. The molecule has 80 valence electrons. The van der Waals surface area contributed by atoms with Crippen LogP contribution in [0.3, 0.4) is 0 Å². The number of hydrogen-bond donors (Lipinski definition) is 0. The van der Waals surface area contributed by atoms with Crippen LogP contribution in [0.25, 0.3) is 0 Å². The van der Waals surface area contributed by atoms with Crippen molar-refractivity contribution in [3.8, 4) is 0 Å². The maximum Gasteiger partial charge on any atom is 0.151 e. The molecule has 15 heavy (non-hydrogen) atoms. The summed E-state index contributed by atoms with van der Waals surface area (Å²) in [4.78, 5) is 12.0. The first-order chi connectivity index (χ1) is 7.29. The van der Waals surface area contributed by atoms with Gasteiger partial charge in [0.15, 0.2) is 6.29 Å². The van der Waals surface area contributed by atoms with Crippen LogP contribution in [0.5, 0.6) is 0 Å². The average Bonchev–Trinajstić information content (AvgIpc) is 2.73. The number of carbonyl (C=O) groups excluding carboxylic acids is 1. The number of aldehydes is 1. The van der Waals surface area contributed by atoms with E-state index in [0.29, 0.717) is 5.25 Å². The van der Waals surface area contributed by atoms with Gasteiger partial charge in [0.2, 0.25) is 0 Å². The fourth-order valence-electron chi connectivity index (χ4n) is 1.90. The van der Waals surface area contributed by atoms with Crippen molar-refractivity contribution in [2.45, 2.75) is 35.8 Å². The molecule has 0 amide bonds. The molecular weight excluding hydrogens is 272 g/mol. The normalized spacial score (nSPS) is 16.9. The zero-order valence-corrected chi connectivity index (χ0v) is 10.8. The van der Waals surface area contributed by atoms with Gasteiger partial charge in [0.05, 0.1) is 0 Å². The maximum absolute atomic E-state index is 10.9. The Morgan fingerprint density at radius 3 is 2.73 bits per heavy atom. The zero-order valence-electron chi connectivity index (χ0n) is 8.41. The fraction of sp³-hybridized carbons (Fsp3) is 0.417. The second-order valence-electron chi connectivity index (χ2n) is 3.82. The molecule has 0 N–H and O–H groups in total. The van der Waals surface area contributed by atoms with Crippen molar-refractivity contribution in [1.82, 2.24) is 0 Å². The highest BCUT2D eigenvalue weighted by Gasteiger charge is 2.17. The number of benzene rings is 1. The van der Waals surface area contributed by atoms with E-state index in [9.17, 15) is 4.79 Å². The summed E-state index contributed by atoms with van der Waals surface area (Å²) in [5, 5.41) is 0.713. The second kappa shape index (κ2) is 5.17. The SMILES string of the molecule is O=Cc1cc(Br)ccc1SC1CCCC1. The van der Waals surface area contributed by atoms with Crippen LogP contribution in [0.15, 0.2) is 27.6 Å². The summed E-state index contributed by atoms with van der Waals surface area (Å²) in [6.45, 7) is 0. The summed E-state index contributed by atoms with van der Waals surface area (Å²) in [5.41, 5.74) is 0.807. The fourth-order valence-corrected chi connectivity index (χ4v) is 3.60. The molecule has 0 bridgehead atoms. The van der Waals surface area contributed by atoms with Crippen molar-refractivity contribution in [2.24, 2.45) is 0 Å². The van der Waals surface area contributed by atoms with Gasteiger partial charge in [-0.25, -0.2) is 0 Å². The lowest BCUT2D eigenvalue weighted by molar-refractivity contribution is 0.112. The lowest BCUT2D eigenvalue weighted by Gasteiger charge is -2.10. The van der Waals surface area contributed by atoms with Crippen LogP contribution in [0.4, 0.5) is 0 Å². The Morgan fingerprint density at radius 2 is 2.07 bits per heavy atom. The molecule has 1 saturated carbocycles. The van der Waals surface area contributed by atoms with Gasteiger partial charge in [-0.1, -0.05) is 28.8 Å². The van der Waals surface area contributed by atoms with E-state index in [-0.39, 0.29) is 0 Å². The molecule has 1 aromatic carbocycles. The minimum absolute atomic E-state index is 0.713. The van der Waals surface area contributed by atoms with Crippen molar-refractivity contribution in [1.29, 1.82) is 0 Å². The lowest BCUT2D eigenvalue weighted by Crippen LogP contribution is -1.95. The first kappa shape index (κ1) is 11.2. The molecule has 0 atom stereocenters. The van der Waals surface area contributed by atoms with Gasteiger partial charge in [0.1, 0.15) is 0 Å². The van der Waals surface area contributed by atoms with Gasteiger partial charge in [-0.05, 0) is 31.0 Å². The number of thioether (sulfide) groups is 1. The Labute approximate surface area is 103 Å². The third kappa shape index (κ3) is 2.85. The predicted octanol–water partition coefficient (Wildman–Crippen LogP) is 4.30. The zero-order chi connectivity index (χ0) is 10.7. The maximum atomic E-state index is 10.9. The third-order valence-corrected chi connectivity index (χ3v) is 4.62. The summed E-state index contributed by atoms with van der Waals surface area (Å²) in [6, 6.07) is 5.94. The quantitative estimate of drug-likeness (QED) is 0.770. The van der Waals surface area contributed by atoms with Gasteiger partial charge in [-0.15, -0.1) is 11.8 Å². The van der Waals surface area contributed by atoms with E-state index in [2.05, 4.69) is 15.9 Å². The lowest BCUT2D eigenvalue weighted by atomic mass is 10.2. The van der Waals surface area contributed by atoms with Crippen LogP contribution in [-0.4, -0.2) is 11.5 Å². The first-order valence-corrected chi connectivity index (χ1v) is 6.88. The molecule has 3 heteroatoms. The molecule has 0 radical (unpaired) electrons. The summed E-state index contributed by atoms with van der Waals surface area (Å²) >= 11 is 5.24. The van der Waals surface area contributed by atoms with Gasteiger partial charge in [0, 0.05) is 20.2 Å². The van der Waals surface area contributed by atoms with Crippen molar-refractivity contribution in [3.63, 3.8) is 0 Å². The van der Waals surface area contributed by atoms with E-state index >= 15 is 0 Å². The Bertz CT molecular complexity index is 359. The number of hydrogen-bond acceptors (Lipinski definition) is 2. The highest BCUT2D eigenvalue weighted by atomic mass is 79.9. The molecule has 0 saturated heterocycles. The van der Waals surface area contributed by atoms with E-state index < -0.39 is 0 Å². The molecule has 2 rings (SSSR count). The van der Waals surface area contributed by atoms with Gasteiger partial charge >= 0.3 is 0 Å². The van der Waals surface area contributed by atoms with E-state index in [0.717, 1.165) is 21.2 Å². The van der Waals surface area contributed by atoms with Crippen molar-refractivity contribution in [2.75, 3.05) is 0 Å². The molecular formula is C12H13BrOS. The Morgan fingerprint density at radius 1 is 1.33 bits per heavy atom. The summed E-state index contributed by atoms with van der Waals surface area (Å²) in [5.74, 6) is 0. The smallest absolute Gasteiger partial charge is 0.151 e. The van der Waals surface area contributed by atoms with Crippen LogP contribution in [0.2, 0.25) is 0 Å². The predicted molar refractivity (Wildman–Crippen MR) is 67.6 cm³/mol. The number of rotatable bonds is 3. The standard InChI is InChI=1S/C12H13BrOS/c13-10-5-6-12(9(7-10)8-14)15-11-3-1-2-4-11/h5-8,11H,1-4H2. The van der Waals surface area contributed by atoms with Crippen LogP contribution in [0.1, 0.15) is 36.0 Å². The molecule has 1 nitrogen and oxygen atoms in total. The van der Waals surface area contributed by atoms with Gasteiger partial charge in [-0.3, -0.25) is 4.79 Å². The monoisotopic (exact) mass is 284 g/mol. The van der Waals surface area contributed by atoms with Crippen molar-refractivity contribution >= 4 is 34.0 Å². The van der Waals surface area contributed by atoms with Crippen LogP contribution >= 0.6 is 27.7 Å². The third-order valence-electron chi connectivity index (χ3n) is 2.69. The Kier molecular flexibility index (Phi) is 3.87. The summed E-state index contributed by atoms with van der Waals surface area (Å²) < 4.78 is 0.973. The van der Waals surface area contributed by atoms with Crippen molar-refractivity contribution in [3.05, 3.63) is 28.2 Å². The molecule has 1 aliphatic carbocycles. The van der Waals surface area contributed by atoms with Crippen LogP contribution < -0.4 is 0 Å². The van der Waals surface area contributed by atoms with Crippen LogP contribution in [-0.2, 0) is 0 Å².